The molecule has 59 heavy (non-hydrogen) atoms. The van der Waals surface area contributed by atoms with Gasteiger partial charge in [-0.2, -0.15) is 0 Å². The van der Waals surface area contributed by atoms with Crippen LogP contribution < -0.4 is 0 Å². The van der Waals surface area contributed by atoms with Gasteiger partial charge in [-0.3, -0.25) is 14.7 Å². The molecule has 0 aromatic rings. The normalized spacial score (nSPS) is 28.6. The molecule has 342 valence electrons. The lowest BCUT2D eigenvalue weighted by atomic mass is 9.78. The molecule has 12 heteroatoms. The molecule has 0 radical (unpaired) electrons. The fraction of sp³-hybridized carbons (Fsp3) is 0.936. The third-order valence-electron chi connectivity index (χ3n) is 12.2. The molecular weight excluding hydrogens is 751 g/mol. The first kappa shape index (κ1) is 49.3. The third-order valence-corrected chi connectivity index (χ3v) is 12.2. The minimum absolute atomic E-state index is 0.0899. The summed E-state index contributed by atoms with van der Waals surface area (Å²) in [6.45, 7) is 42.2. The number of rotatable bonds is 6. The van der Waals surface area contributed by atoms with E-state index in [4.69, 9.17) is 28.4 Å². The van der Waals surface area contributed by atoms with E-state index in [2.05, 4.69) is 83.1 Å². The molecule has 0 spiro atoms. The topological polar surface area (TPSA) is 116 Å². The molecule has 3 saturated heterocycles. The highest BCUT2D eigenvalue weighted by Crippen LogP contribution is 2.47. The summed E-state index contributed by atoms with van der Waals surface area (Å²) in [6, 6.07) is 0. The molecule has 4 fully saturated rings. The average Bonchev–Trinajstić information content (AvgIpc) is 3.24. The van der Waals surface area contributed by atoms with Crippen molar-refractivity contribution in [1.29, 1.82) is 0 Å². The number of carbonyl (C=O) groups is 3. The van der Waals surface area contributed by atoms with E-state index in [-0.39, 0.29) is 54.9 Å². The van der Waals surface area contributed by atoms with Crippen molar-refractivity contribution < 1.29 is 42.8 Å². The van der Waals surface area contributed by atoms with Gasteiger partial charge in [0.25, 0.3) is 0 Å². The van der Waals surface area contributed by atoms with E-state index < -0.39 is 50.0 Å². The Morgan fingerprint density at radius 1 is 0.373 bits per heavy atom. The van der Waals surface area contributed by atoms with Crippen molar-refractivity contribution in [2.24, 2.45) is 0 Å². The number of carbonyl (C=O) groups excluding carboxylic acids is 3. The maximum absolute atomic E-state index is 13.6. The minimum atomic E-state index is -0.608. The number of likely N-dealkylation sites (tertiary alicyclic amines) is 3. The van der Waals surface area contributed by atoms with Crippen LogP contribution in [0.15, 0.2) is 0 Å². The smallest absolute Gasteiger partial charge is 0.411 e. The second-order valence-electron chi connectivity index (χ2n) is 25.0. The summed E-state index contributed by atoms with van der Waals surface area (Å²) in [7, 11) is 0. The Morgan fingerprint density at radius 2 is 0.576 bits per heavy atom. The van der Waals surface area contributed by atoms with E-state index in [1.807, 2.05) is 77.0 Å². The molecule has 3 amide bonds. The summed E-state index contributed by atoms with van der Waals surface area (Å²) < 4.78 is 39.1. The molecule has 1 aliphatic carbocycles. The van der Waals surface area contributed by atoms with Crippen LogP contribution in [0.25, 0.3) is 0 Å². The number of amides is 3. The van der Waals surface area contributed by atoms with Crippen LogP contribution in [0.5, 0.6) is 0 Å². The van der Waals surface area contributed by atoms with Gasteiger partial charge in [0.15, 0.2) is 0 Å². The molecule has 4 rings (SSSR count). The van der Waals surface area contributed by atoms with Gasteiger partial charge in [-0.1, -0.05) is 0 Å². The van der Waals surface area contributed by atoms with Crippen molar-refractivity contribution in [3.8, 4) is 0 Å². The van der Waals surface area contributed by atoms with Gasteiger partial charge in [0.2, 0.25) is 0 Å². The second kappa shape index (κ2) is 16.1. The van der Waals surface area contributed by atoms with Gasteiger partial charge in [0.1, 0.15) is 16.8 Å². The first-order chi connectivity index (χ1) is 26.2. The molecule has 0 aromatic heterocycles. The van der Waals surface area contributed by atoms with Crippen molar-refractivity contribution in [3.05, 3.63) is 0 Å². The van der Waals surface area contributed by atoms with Crippen molar-refractivity contribution in [2.45, 2.75) is 283 Å². The molecule has 2 atom stereocenters. The standard InChI is InChI=1S/C47H85N3O9/c1-39(2,3)57-36(51)48-42(10,11)24-31(25-43(48,12)13)54-30-22-34(55-32-26-44(14,15)49(45(16,17)27-32)37(52)58-40(4,5)6)35(23-30)56-33-28-46(18,19)50(47(20,21)29-33)38(53)59-41(7,8)9/h30-35H,22-29H2,1-21H3. The Labute approximate surface area is 358 Å². The zero-order valence-corrected chi connectivity index (χ0v) is 41.1. The minimum Gasteiger partial charge on any atom is -0.444 e. The van der Waals surface area contributed by atoms with Gasteiger partial charge in [-0.05, 0) is 184 Å². The molecule has 4 aliphatic rings. The maximum Gasteiger partial charge on any atom is 0.411 e. The van der Waals surface area contributed by atoms with Gasteiger partial charge in [0, 0.05) is 46.1 Å². The fourth-order valence-electron chi connectivity index (χ4n) is 11.3. The quantitative estimate of drug-likeness (QED) is 0.241. The molecule has 12 nitrogen and oxygen atoms in total. The average molecular weight is 836 g/mol. The van der Waals surface area contributed by atoms with Crippen LogP contribution >= 0.6 is 0 Å². The van der Waals surface area contributed by atoms with Crippen LogP contribution in [-0.2, 0) is 28.4 Å². The summed E-state index contributed by atoms with van der Waals surface area (Å²) in [6.07, 6.45) is 3.32. The fourth-order valence-corrected chi connectivity index (χ4v) is 11.3. The monoisotopic (exact) mass is 836 g/mol. The predicted molar refractivity (Wildman–Crippen MR) is 232 cm³/mol. The second-order valence-corrected chi connectivity index (χ2v) is 25.0. The number of hydrogen-bond donors (Lipinski definition) is 0. The Morgan fingerprint density at radius 3 is 0.780 bits per heavy atom. The van der Waals surface area contributed by atoms with Crippen LogP contribution in [-0.4, -0.2) is 120 Å². The van der Waals surface area contributed by atoms with Crippen LogP contribution in [0.1, 0.15) is 197 Å². The van der Waals surface area contributed by atoms with Crippen molar-refractivity contribution in [1.82, 2.24) is 14.7 Å². The van der Waals surface area contributed by atoms with Gasteiger partial charge in [0.05, 0.1) is 36.6 Å². The lowest BCUT2D eigenvalue weighted by Crippen LogP contribution is -2.65. The van der Waals surface area contributed by atoms with Crippen LogP contribution in [0.2, 0.25) is 0 Å². The van der Waals surface area contributed by atoms with E-state index in [0.29, 0.717) is 51.4 Å². The number of piperidine rings is 3. The third kappa shape index (κ3) is 12.2. The van der Waals surface area contributed by atoms with Crippen LogP contribution in [0.3, 0.4) is 0 Å². The Hall–Kier alpha value is -2.31. The first-order valence-corrected chi connectivity index (χ1v) is 22.3. The summed E-state index contributed by atoms with van der Waals surface area (Å²) in [4.78, 5) is 46.5. The summed E-state index contributed by atoms with van der Waals surface area (Å²) in [5, 5.41) is 0. The Bertz CT molecular complexity index is 1400. The predicted octanol–water partition coefficient (Wildman–Crippen LogP) is 10.8. The van der Waals surface area contributed by atoms with Gasteiger partial charge >= 0.3 is 18.3 Å². The maximum atomic E-state index is 13.6. The van der Waals surface area contributed by atoms with Crippen molar-refractivity contribution >= 4 is 18.3 Å². The van der Waals surface area contributed by atoms with Gasteiger partial charge in [-0.15, -0.1) is 0 Å². The summed E-state index contributed by atoms with van der Waals surface area (Å²) in [5.41, 5.74) is -4.93. The molecule has 2 unspecified atom stereocenters. The molecule has 0 aromatic carbocycles. The van der Waals surface area contributed by atoms with E-state index in [1.165, 1.54) is 0 Å². The molecular formula is C47H85N3O9. The van der Waals surface area contributed by atoms with E-state index in [1.54, 1.807) is 0 Å². The molecule has 3 heterocycles. The molecule has 0 N–H and O–H groups in total. The molecule has 0 bridgehead atoms. The highest BCUT2D eigenvalue weighted by Gasteiger charge is 2.55. The summed E-state index contributed by atoms with van der Waals surface area (Å²) >= 11 is 0. The number of hydrogen-bond acceptors (Lipinski definition) is 9. The Kier molecular flexibility index (Phi) is 13.5. The van der Waals surface area contributed by atoms with Crippen LogP contribution in [0.4, 0.5) is 14.4 Å². The van der Waals surface area contributed by atoms with Gasteiger partial charge in [-0.25, -0.2) is 14.4 Å². The van der Waals surface area contributed by atoms with Crippen molar-refractivity contribution in [3.63, 3.8) is 0 Å². The molecule has 1 saturated carbocycles. The first-order valence-electron chi connectivity index (χ1n) is 22.3. The lowest BCUT2D eigenvalue weighted by molar-refractivity contribution is -0.169. The van der Waals surface area contributed by atoms with Gasteiger partial charge < -0.3 is 28.4 Å². The van der Waals surface area contributed by atoms with Crippen LogP contribution in [0, 0.1) is 0 Å². The van der Waals surface area contributed by atoms with Crippen molar-refractivity contribution in [2.75, 3.05) is 0 Å². The van der Waals surface area contributed by atoms with E-state index in [0.717, 1.165) is 0 Å². The molecule has 3 aliphatic heterocycles. The largest absolute Gasteiger partial charge is 0.444 e. The summed E-state index contributed by atoms with van der Waals surface area (Å²) in [5.74, 6) is 0. The zero-order valence-electron chi connectivity index (χ0n) is 41.1. The Balaban J connectivity index is 1.59. The highest BCUT2D eigenvalue weighted by atomic mass is 16.6. The lowest BCUT2D eigenvalue weighted by Gasteiger charge is -2.55. The zero-order chi connectivity index (χ0) is 45.3. The number of nitrogens with zero attached hydrogens (tertiary/aromatic N) is 3. The SMILES string of the molecule is CC(C)(C)OC(=O)N1C(C)(C)CC(OC2CC(OC3CC(C)(C)N(C(=O)OC(C)(C)C)C(C)(C)C3)C(OC3CC(C)(C)N(C(=O)OC(C)(C)C)C(C)(C)C3)C2)CC1(C)C. The number of ether oxygens (including phenoxy) is 6. The van der Waals surface area contributed by atoms with E-state index >= 15 is 0 Å². The van der Waals surface area contributed by atoms with E-state index in [9.17, 15) is 14.4 Å². The highest BCUT2D eigenvalue weighted by molar-refractivity contribution is 5.71.